The van der Waals surface area contributed by atoms with Gasteiger partial charge < -0.3 is 19.5 Å². The Morgan fingerprint density at radius 1 is 1.07 bits per heavy atom. The van der Waals surface area contributed by atoms with E-state index in [1.54, 1.807) is 32.4 Å². The summed E-state index contributed by atoms with van der Waals surface area (Å²) in [6, 6.07) is 13.9. The Morgan fingerprint density at radius 2 is 1.68 bits per heavy atom. The Bertz CT molecular complexity index is 763. The number of nitrogens with one attached hydrogen (secondary N) is 1. The molecular weight excluding hydrogens is 356 g/mol. The Morgan fingerprint density at radius 3 is 2.25 bits per heavy atom. The number of aryl methyl sites for hydroxylation is 1. The third-order valence-electron chi connectivity index (χ3n) is 5.06. The minimum atomic E-state index is -0.209. The van der Waals surface area contributed by atoms with Gasteiger partial charge in [0.2, 0.25) is 0 Å². The van der Waals surface area contributed by atoms with E-state index in [0.29, 0.717) is 36.8 Å². The number of morpholine rings is 1. The number of ether oxygens (including phenoxy) is 3. The average molecular weight is 384 g/mol. The van der Waals surface area contributed by atoms with Crippen LogP contribution in [0.3, 0.4) is 0 Å². The minimum Gasteiger partial charge on any atom is -0.496 e. The first-order valence-electron chi connectivity index (χ1n) is 9.51. The number of benzene rings is 2. The van der Waals surface area contributed by atoms with Crippen molar-refractivity contribution in [3.05, 3.63) is 59.2 Å². The zero-order valence-corrected chi connectivity index (χ0v) is 16.7. The van der Waals surface area contributed by atoms with Crippen LogP contribution in [0.1, 0.15) is 27.5 Å². The van der Waals surface area contributed by atoms with Gasteiger partial charge in [0.1, 0.15) is 17.1 Å². The molecule has 0 aromatic heterocycles. The highest BCUT2D eigenvalue weighted by atomic mass is 16.5. The van der Waals surface area contributed by atoms with Crippen molar-refractivity contribution in [3.63, 3.8) is 0 Å². The smallest absolute Gasteiger partial charge is 0.258 e. The summed E-state index contributed by atoms with van der Waals surface area (Å²) in [6.07, 6.45) is 0. The maximum absolute atomic E-state index is 13.0. The predicted octanol–water partition coefficient (Wildman–Crippen LogP) is 2.82. The molecule has 0 spiro atoms. The van der Waals surface area contributed by atoms with E-state index >= 15 is 0 Å². The summed E-state index contributed by atoms with van der Waals surface area (Å²) in [6.45, 7) is 5.65. The van der Waals surface area contributed by atoms with Gasteiger partial charge >= 0.3 is 0 Å². The third-order valence-corrected chi connectivity index (χ3v) is 5.06. The quantitative estimate of drug-likeness (QED) is 0.795. The number of hydrogen-bond acceptors (Lipinski definition) is 5. The summed E-state index contributed by atoms with van der Waals surface area (Å²) in [5.74, 6) is 0.782. The molecule has 6 nitrogen and oxygen atoms in total. The monoisotopic (exact) mass is 384 g/mol. The van der Waals surface area contributed by atoms with Crippen molar-refractivity contribution in [2.24, 2.45) is 0 Å². The number of carbonyl (C=O) groups is 1. The van der Waals surface area contributed by atoms with Gasteiger partial charge in [-0.1, -0.05) is 35.9 Å². The molecule has 0 aliphatic carbocycles. The normalized spacial score (nSPS) is 15.7. The van der Waals surface area contributed by atoms with E-state index in [-0.39, 0.29) is 11.9 Å². The van der Waals surface area contributed by atoms with Crippen molar-refractivity contribution in [1.29, 1.82) is 0 Å². The molecule has 0 saturated carbocycles. The van der Waals surface area contributed by atoms with Crippen LogP contribution in [0.25, 0.3) is 0 Å². The maximum atomic E-state index is 13.0. The summed E-state index contributed by atoms with van der Waals surface area (Å²) in [5.41, 5.74) is 2.81. The van der Waals surface area contributed by atoms with E-state index in [0.717, 1.165) is 13.1 Å². The molecule has 6 heteroatoms. The predicted molar refractivity (Wildman–Crippen MR) is 108 cm³/mol. The number of carbonyl (C=O) groups excluding carboxylic acids is 1. The van der Waals surface area contributed by atoms with Crippen LogP contribution >= 0.6 is 0 Å². The van der Waals surface area contributed by atoms with Crippen LogP contribution in [0.5, 0.6) is 11.5 Å². The fraction of sp³-hybridized carbons (Fsp3) is 0.409. The van der Waals surface area contributed by atoms with E-state index < -0.39 is 0 Å². The maximum Gasteiger partial charge on any atom is 0.258 e. The standard InChI is InChI=1S/C22H28N2O4/c1-16-7-9-17(10-8-16)18(24-11-13-28-14-12-24)15-23-22(25)21-19(26-2)5-4-6-20(21)27-3/h4-10,18H,11-15H2,1-3H3,(H,23,25). The molecule has 1 atom stereocenters. The summed E-state index contributed by atoms with van der Waals surface area (Å²) < 4.78 is 16.2. The lowest BCUT2D eigenvalue weighted by Crippen LogP contribution is -2.43. The summed E-state index contributed by atoms with van der Waals surface area (Å²) in [4.78, 5) is 15.3. The molecule has 0 radical (unpaired) electrons. The van der Waals surface area contributed by atoms with E-state index in [1.165, 1.54) is 11.1 Å². The van der Waals surface area contributed by atoms with Crippen molar-refractivity contribution in [2.75, 3.05) is 47.1 Å². The third kappa shape index (κ3) is 4.64. The number of nitrogens with zero attached hydrogens (tertiary/aromatic N) is 1. The van der Waals surface area contributed by atoms with Crippen LogP contribution in [0.15, 0.2) is 42.5 Å². The van der Waals surface area contributed by atoms with Crippen LogP contribution in [0.2, 0.25) is 0 Å². The van der Waals surface area contributed by atoms with E-state index in [1.807, 2.05) is 0 Å². The van der Waals surface area contributed by atoms with Gasteiger partial charge in [0.25, 0.3) is 5.91 Å². The lowest BCUT2D eigenvalue weighted by atomic mass is 10.0. The van der Waals surface area contributed by atoms with Gasteiger partial charge in [0, 0.05) is 19.6 Å². The summed E-state index contributed by atoms with van der Waals surface area (Å²) in [5, 5.41) is 3.08. The van der Waals surface area contributed by atoms with Crippen LogP contribution in [0, 0.1) is 6.92 Å². The minimum absolute atomic E-state index is 0.0779. The second-order valence-electron chi connectivity index (χ2n) is 6.82. The molecule has 1 aliphatic heterocycles. The highest BCUT2D eigenvalue weighted by molar-refractivity contribution is 5.99. The largest absolute Gasteiger partial charge is 0.496 e. The van der Waals surface area contributed by atoms with Crippen molar-refractivity contribution in [1.82, 2.24) is 10.2 Å². The number of hydrogen-bond donors (Lipinski definition) is 1. The molecule has 1 unspecified atom stereocenters. The zero-order valence-electron chi connectivity index (χ0n) is 16.7. The molecule has 150 valence electrons. The molecule has 1 N–H and O–H groups in total. The molecule has 1 heterocycles. The van der Waals surface area contributed by atoms with E-state index in [4.69, 9.17) is 14.2 Å². The molecular formula is C22H28N2O4. The van der Waals surface area contributed by atoms with E-state index in [9.17, 15) is 4.79 Å². The van der Waals surface area contributed by atoms with Crippen molar-refractivity contribution in [3.8, 4) is 11.5 Å². The first kappa shape index (κ1) is 20.2. The molecule has 0 bridgehead atoms. The first-order chi connectivity index (χ1) is 13.6. The Kier molecular flexibility index (Phi) is 6.90. The lowest BCUT2D eigenvalue weighted by molar-refractivity contribution is 0.0162. The van der Waals surface area contributed by atoms with Crippen LogP contribution < -0.4 is 14.8 Å². The Labute approximate surface area is 166 Å². The zero-order chi connectivity index (χ0) is 19.9. The molecule has 1 aliphatic rings. The molecule has 3 rings (SSSR count). The molecule has 28 heavy (non-hydrogen) atoms. The van der Waals surface area contributed by atoms with Crippen LogP contribution in [-0.2, 0) is 4.74 Å². The second-order valence-corrected chi connectivity index (χ2v) is 6.82. The van der Waals surface area contributed by atoms with Crippen molar-refractivity contribution in [2.45, 2.75) is 13.0 Å². The highest BCUT2D eigenvalue weighted by Gasteiger charge is 2.25. The lowest BCUT2D eigenvalue weighted by Gasteiger charge is -2.35. The van der Waals surface area contributed by atoms with Crippen LogP contribution in [0.4, 0.5) is 0 Å². The fourth-order valence-corrected chi connectivity index (χ4v) is 3.49. The molecule has 1 saturated heterocycles. The van der Waals surface area contributed by atoms with Gasteiger partial charge in [0.05, 0.1) is 33.5 Å². The van der Waals surface area contributed by atoms with E-state index in [2.05, 4.69) is 41.4 Å². The van der Waals surface area contributed by atoms with Gasteiger partial charge in [-0.05, 0) is 24.6 Å². The van der Waals surface area contributed by atoms with Crippen LogP contribution in [-0.4, -0.2) is 57.9 Å². The fourth-order valence-electron chi connectivity index (χ4n) is 3.49. The highest BCUT2D eigenvalue weighted by Crippen LogP contribution is 2.28. The molecule has 1 fully saturated rings. The van der Waals surface area contributed by atoms with Crippen molar-refractivity contribution >= 4 is 5.91 Å². The average Bonchev–Trinajstić information content (AvgIpc) is 2.75. The molecule has 1 amide bonds. The van der Waals surface area contributed by atoms with Crippen molar-refractivity contribution < 1.29 is 19.0 Å². The molecule has 2 aromatic rings. The van der Waals surface area contributed by atoms with Gasteiger partial charge in [-0.15, -0.1) is 0 Å². The molecule has 2 aromatic carbocycles. The van der Waals surface area contributed by atoms with Gasteiger partial charge in [-0.3, -0.25) is 9.69 Å². The SMILES string of the molecule is COc1cccc(OC)c1C(=O)NCC(c1ccc(C)cc1)N1CCOCC1. The number of methoxy groups -OCH3 is 2. The van der Waals surface area contributed by atoms with Gasteiger partial charge in [-0.2, -0.15) is 0 Å². The Hall–Kier alpha value is -2.57. The Balaban J connectivity index is 1.80. The number of rotatable bonds is 7. The van der Waals surface area contributed by atoms with Gasteiger partial charge in [0.15, 0.2) is 0 Å². The van der Waals surface area contributed by atoms with Gasteiger partial charge in [-0.25, -0.2) is 0 Å². The topological polar surface area (TPSA) is 60.0 Å². The number of amides is 1. The first-order valence-corrected chi connectivity index (χ1v) is 9.51. The summed E-state index contributed by atoms with van der Waals surface area (Å²) in [7, 11) is 3.10. The second kappa shape index (κ2) is 9.57. The summed E-state index contributed by atoms with van der Waals surface area (Å²) >= 11 is 0.